The van der Waals surface area contributed by atoms with E-state index < -0.39 is 0 Å². The van der Waals surface area contributed by atoms with Crippen LogP contribution in [-0.4, -0.2) is 28.1 Å². The van der Waals surface area contributed by atoms with Crippen molar-refractivity contribution in [2.24, 2.45) is 0 Å². The molecule has 1 aromatic carbocycles. The zero-order chi connectivity index (χ0) is 15.1. The lowest BCUT2D eigenvalue weighted by molar-refractivity contribution is 0.292. The summed E-state index contributed by atoms with van der Waals surface area (Å²) in [7, 11) is 0. The Kier molecular flexibility index (Phi) is 5.31. The number of hydrogen-bond donors (Lipinski definition) is 2. The molecule has 0 radical (unpaired) electrons. The number of aromatic nitrogens is 3. The highest BCUT2D eigenvalue weighted by Gasteiger charge is 2.05. The van der Waals surface area contributed by atoms with Crippen LogP contribution in [0.3, 0.4) is 0 Å². The SMILES string of the molecule is CCCOc1nc(N)nc(NCCc2ccccc2C)n1. The third kappa shape index (κ3) is 4.59. The highest BCUT2D eigenvalue weighted by molar-refractivity contribution is 5.33. The Bertz CT molecular complexity index is 588. The molecular weight excluding hydrogens is 266 g/mol. The molecule has 0 bridgehead atoms. The maximum Gasteiger partial charge on any atom is 0.323 e. The van der Waals surface area contributed by atoms with Crippen LogP contribution < -0.4 is 15.8 Å². The molecule has 0 aliphatic heterocycles. The monoisotopic (exact) mass is 287 g/mol. The minimum absolute atomic E-state index is 0.162. The molecule has 112 valence electrons. The summed E-state index contributed by atoms with van der Waals surface area (Å²) in [6.07, 6.45) is 1.78. The van der Waals surface area contributed by atoms with Crippen molar-refractivity contribution in [3.8, 4) is 6.01 Å². The number of rotatable bonds is 7. The van der Waals surface area contributed by atoms with E-state index in [0.717, 1.165) is 19.4 Å². The Morgan fingerprint density at radius 3 is 2.76 bits per heavy atom. The fourth-order valence-electron chi connectivity index (χ4n) is 1.91. The van der Waals surface area contributed by atoms with Crippen LogP contribution >= 0.6 is 0 Å². The Hall–Kier alpha value is -2.37. The van der Waals surface area contributed by atoms with Crippen molar-refractivity contribution in [3.63, 3.8) is 0 Å². The molecule has 6 heteroatoms. The van der Waals surface area contributed by atoms with Gasteiger partial charge in [0, 0.05) is 6.54 Å². The molecule has 0 aliphatic rings. The Morgan fingerprint density at radius 2 is 2.00 bits per heavy atom. The molecule has 0 amide bonds. The first-order chi connectivity index (χ1) is 10.2. The van der Waals surface area contributed by atoms with Gasteiger partial charge in [-0.05, 0) is 30.9 Å². The highest BCUT2D eigenvalue weighted by Crippen LogP contribution is 2.11. The van der Waals surface area contributed by atoms with Crippen LogP contribution in [0.25, 0.3) is 0 Å². The van der Waals surface area contributed by atoms with Gasteiger partial charge in [0.15, 0.2) is 0 Å². The fraction of sp³-hybridized carbons (Fsp3) is 0.400. The van der Waals surface area contributed by atoms with Crippen LogP contribution in [0.15, 0.2) is 24.3 Å². The zero-order valence-electron chi connectivity index (χ0n) is 12.5. The predicted octanol–water partition coefficient (Wildman–Crippen LogP) is 2.21. The maximum atomic E-state index is 5.66. The van der Waals surface area contributed by atoms with Crippen molar-refractivity contribution >= 4 is 11.9 Å². The van der Waals surface area contributed by atoms with E-state index in [4.69, 9.17) is 10.5 Å². The van der Waals surface area contributed by atoms with Crippen molar-refractivity contribution < 1.29 is 4.74 Å². The normalized spacial score (nSPS) is 10.4. The topological polar surface area (TPSA) is 86.0 Å². The summed E-state index contributed by atoms with van der Waals surface area (Å²) in [5.74, 6) is 0.608. The minimum atomic E-state index is 0.162. The van der Waals surface area contributed by atoms with Gasteiger partial charge in [0.25, 0.3) is 0 Å². The minimum Gasteiger partial charge on any atom is -0.463 e. The van der Waals surface area contributed by atoms with Gasteiger partial charge in [0.2, 0.25) is 11.9 Å². The molecule has 2 aromatic rings. The van der Waals surface area contributed by atoms with E-state index in [1.807, 2.05) is 19.1 Å². The van der Waals surface area contributed by atoms with Gasteiger partial charge < -0.3 is 15.8 Å². The summed E-state index contributed by atoms with van der Waals surface area (Å²) in [5, 5.41) is 3.16. The highest BCUT2D eigenvalue weighted by atomic mass is 16.5. The Labute approximate surface area is 124 Å². The molecule has 3 N–H and O–H groups in total. The third-order valence-electron chi connectivity index (χ3n) is 3.01. The van der Waals surface area contributed by atoms with Crippen LogP contribution in [0.5, 0.6) is 6.01 Å². The first-order valence-corrected chi connectivity index (χ1v) is 7.11. The standard InChI is InChI=1S/C15H21N5O/c1-3-10-21-15-19-13(16)18-14(20-15)17-9-8-12-7-5-4-6-11(12)2/h4-7H,3,8-10H2,1-2H3,(H3,16,17,18,19,20). The van der Waals surface area contributed by atoms with Gasteiger partial charge in [-0.25, -0.2) is 0 Å². The second kappa shape index (κ2) is 7.42. The Morgan fingerprint density at radius 1 is 1.19 bits per heavy atom. The largest absolute Gasteiger partial charge is 0.463 e. The van der Waals surface area contributed by atoms with Crippen LogP contribution in [-0.2, 0) is 6.42 Å². The lowest BCUT2D eigenvalue weighted by atomic mass is 10.1. The number of ether oxygens (including phenoxy) is 1. The van der Waals surface area contributed by atoms with Gasteiger partial charge in [0.1, 0.15) is 0 Å². The number of benzene rings is 1. The van der Waals surface area contributed by atoms with E-state index in [2.05, 4.69) is 39.3 Å². The molecular formula is C15H21N5O. The number of aryl methyl sites for hydroxylation is 1. The van der Waals surface area contributed by atoms with E-state index in [1.165, 1.54) is 11.1 Å². The van der Waals surface area contributed by atoms with Crippen molar-refractivity contribution in [1.29, 1.82) is 0 Å². The summed E-state index contributed by atoms with van der Waals surface area (Å²) >= 11 is 0. The second-order valence-electron chi connectivity index (χ2n) is 4.75. The average molecular weight is 287 g/mol. The van der Waals surface area contributed by atoms with E-state index in [-0.39, 0.29) is 12.0 Å². The molecule has 2 rings (SSSR count). The summed E-state index contributed by atoms with van der Waals surface area (Å²) in [5.41, 5.74) is 8.24. The number of anilines is 2. The molecule has 6 nitrogen and oxygen atoms in total. The van der Waals surface area contributed by atoms with Gasteiger partial charge in [-0.1, -0.05) is 31.2 Å². The van der Waals surface area contributed by atoms with Crippen molar-refractivity contribution in [2.45, 2.75) is 26.7 Å². The van der Waals surface area contributed by atoms with Gasteiger partial charge in [-0.2, -0.15) is 15.0 Å². The first-order valence-electron chi connectivity index (χ1n) is 7.11. The fourth-order valence-corrected chi connectivity index (χ4v) is 1.91. The first kappa shape index (κ1) is 15.0. The zero-order valence-corrected chi connectivity index (χ0v) is 12.5. The quantitative estimate of drug-likeness (QED) is 0.812. The second-order valence-corrected chi connectivity index (χ2v) is 4.75. The van der Waals surface area contributed by atoms with Gasteiger partial charge >= 0.3 is 6.01 Å². The van der Waals surface area contributed by atoms with E-state index in [1.54, 1.807) is 0 Å². The molecule has 0 saturated heterocycles. The molecule has 1 aromatic heterocycles. The lowest BCUT2D eigenvalue weighted by Crippen LogP contribution is -2.12. The number of hydrogen-bond acceptors (Lipinski definition) is 6. The molecule has 0 spiro atoms. The third-order valence-corrected chi connectivity index (χ3v) is 3.01. The van der Waals surface area contributed by atoms with Gasteiger partial charge in [0.05, 0.1) is 6.61 Å². The van der Waals surface area contributed by atoms with Gasteiger partial charge in [-0.15, -0.1) is 0 Å². The molecule has 0 atom stereocenters. The molecule has 0 saturated carbocycles. The lowest BCUT2D eigenvalue weighted by Gasteiger charge is -2.09. The predicted molar refractivity (Wildman–Crippen MR) is 83.4 cm³/mol. The van der Waals surface area contributed by atoms with Crippen molar-refractivity contribution in [1.82, 2.24) is 15.0 Å². The summed E-state index contributed by atoms with van der Waals surface area (Å²) in [6.45, 7) is 5.41. The van der Waals surface area contributed by atoms with Crippen LogP contribution in [0.1, 0.15) is 24.5 Å². The van der Waals surface area contributed by atoms with E-state index >= 15 is 0 Å². The summed E-state index contributed by atoms with van der Waals surface area (Å²) in [4.78, 5) is 12.2. The van der Waals surface area contributed by atoms with E-state index in [0.29, 0.717) is 12.6 Å². The molecule has 0 unspecified atom stereocenters. The number of nitrogens with one attached hydrogen (secondary N) is 1. The smallest absolute Gasteiger partial charge is 0.323 e. The summed E-state index contributed by atoms with van der Waals surface area (Å²) in [6, 6.07) is 8.57. The molecule has 21 heavy (non-hydrogen) atoms. The van der Waals surface area contributed by atoms with Crippen LogP contribution in [0.4, 0.5) is 11.9 Å². The number of nitrogens with zero attached hydrogens (tertiary/aromatic N) is 3. The molecule has 1 heterocycles. The van der Waals surface area contributed by atoms with E-state index in [9.17, 15) is 0 Å². The van der Waals surface area contributed by atoms with Crippen molar-refractivity contribution in [3.05, 3.63) is 35.4 Å². The average Bonchev–Trinajstić information content (AvgIpc) is 2.47. The van der Waals surface area contributed by atoms with Crippen LogP contribution in [0, 0.1) is 6.92 Å². The van der Waals surface area contributed by atoms with Crippen molar-refractivity contribution in [2.75, 3.05) is 24.2 Å². The summed E-state index contributed by atoms with van der Waals surface area (Å²) < 4.78 is 5.38. The maximum absolute atomic E-state index is 5.66. The molecule has 0 fully saturated rings. The number of nitrogen functional groups attached to an aromatic ring is 1. The number of nitrogens with two attached hydrogens (primary N) is 1. The molecule has 0 aliphatic carbocycles. The van der Waals surface area contributed by atoms with Gasteiger partial charge in [-0.3, -0.25) is 0 Å². The Balaban J connectivity index is 1.93. The van der Waals surface area contributed by atoms with Crippen LogP contribution in [0.2, 0.25) is 0 Å².